The zero-order valence-corrected chi connectivity index (χ0v) is 23.9. The third-order valence-electron chi connectivity index (χ3n) is 8.68. The number of carbonyl (C=O) groups excluding carboxylic acids is 3. The van der Waals surface area contributed by atoms with Crippen molar-refractivity contribution in [2.75, 3.05) is 31.1 Å². The summed E-state index contributed by atoms with van der Waals surface area (Å²) in [6.45, 7) is 5.74. The molecule has 0 radical (unpaired) electrons. The van der Waals surface area contributed by atoms with Crippen molar-refractivity contribution in [3.05, 3.63) is 94.3 Å². The van der Waals surface area contributed by atoms with Gasteiger partial charge in [0.15, 0.2) is 0 Å². The number of halogens is 1. The first-order valence-electron chi connectivity index (χ1n) is 14.5. The lowest BCUT2D eigenvalue weighted by atomic mass is 10.0. The number of rotatable bonds is 7. The topological polar surface area (TPSA) is 106 Å². The standard InChI is InChI=1S/C33H32FN5O4/c1-21(37-13-15-38(16-14-37)28-10-7-23(18-35)17-27(28)34)24-8-5-22(6-9-24)20-43-30-4-2-3-25-26(30)19-39(33(25)42)29-11-12-31(40)36-32(29)41/h2-10,17,21,29H,11-16,19-20H2,1H3,(H,36,40,41)/t21?,29-/m0/s1. The molecule has 0 bridgehead atoms. The molecule has 3 aromatic carbocycles. The number of nitrogens with zero attached hydrogens (tertiary/aromatic N) is 4. The van der Waals surface area contributed by atoms with Gasteiger partial charge in [0, 0.05) is 49.8 Å². The van der Waals surface area contributed by atoms with Gasteiger partial charge >= 0.3 is 0 Å². The zero-order chi connectivity index (χ0) is 30.1. The van der Waals surface area contributed by atoms with E-state index >= 15 is 0 Å². The Bertz CT molecular complexity index is 1610. The van der Waals surface area contributed by atoms with Crippen molar-refractivity contribution in [1.29, 1.82) is 5.26 Å². The number of carbonyl (C=O) groups is 3. The van der Waals surface area contributed by atoms with Gasteiger partial charge in [-0.3, -0.25) is 24.6 Å². The summed E-state index contributed by atoms with van der Waals surface area (Å²) >= 11 is 0. The Kier molecular flexibility index (Phi) is 7.82. The lowest BCUT2D eigenvalue weighted by molar-refractivity contribution is -0.136. The highest BCUT2D eigenvalue weighted by Gasteiger charge is 2.40. The molecule has 2 saturated heterocycles. The van der Waals surface area contributed by atoms with Gasteiger partial charge in [-0.05, 0) is 54.8 Å². The van der Waals surface area contributed by atoms with Crippen molar-refractivity contribution in [3.63, 3.8) is 0 Å². The quantitative estimate of drug-likeness (QED) is 0.422. The summed E-state index contributed by atoms with van der Waals surface area (Å²) in [5.41, 5.74) is 4.29. The summed E-state index contributed by atoms with van der Waals surface area (Å²) in [5.74, 6) is -0.729. The van der Waals surface area contributed by atoms with E-state index in [-0.39, 0.29) is 36.6 Å². The highest BCUT2D eigenvalue weighted by Crippen LogP contribution is 2.34. The number of amides is 3. The molecule has 1 unspecified atom stereocenters. The fraction of sp³-hybridized carbons (Fsp3) is 0.333. The average molecular weight is 582 g/mol. The Morgan fingerprint density at radius 1 is 1.05 bits per heavy atom. The third kappa shape index (κ3) is 5.68. The van der Waals surface area contributed by atoms with Gasteiger partial charge in [-0.25, -0.2) is 4.39 Å². The maximum Gasteiger partial charge on any atom is 0.255 e. The second-order valence-corrected chi connectivity index (χ2v) is 11.2. The van der Waals surface area contributed by atoms with E-state index in [4.69, 9.17) is 10.00 Å². The molecule has 3 aromatic rings. The van der Waals surface area contributed by atoms with E-state index in [1.807, 2.05) is 29.2 Å². The van der Waals surface area contributed by atoms with E-state index < -0.39 is 11.9 Å². The molecule has 2 atom stereocenters. The van der Waals surface area contributed by atoms with E-state index in [9.17, 15) is 18.8 Å². The number of hydrogen-bond donors (Lipinski definition) is 1. The lowest BCUT2D eigenvalue weighted by Crippen LogP contribution is -2.52. The van der Waals surface area contributed by atoms with Crippen molar-refractivity contribution in [2.45, 2.75) is 45.0 Å². The van der Waals surface area contributed by atoms with Crippen molar-refractivity contribution >= 4 is 23.4 Å². The fourth-order valence-corrected chi connectivity index (χ4v) is 6.14. The highest BCUT2D eigenvalue weighted by molar-refractivity contribution is 6.05. The average Bonchev–Trinajstić information content (AvgIpc) is 3.36. The van der Waals surface area contributed by atoms with Crippen LogP contribution in [0.25, 0.3) is 0 Å². The zero-order valence-electron chi connectivity index (χ0n) is 23.9. The first kappa shape index (κ1) is 28.4. The molecule has 6 rings (SSSR count). The maximum absolute atomic E-state index is 14.5. The molecular formula is C33H32FN5O4. The monoisotopic (exact) mass is 581 g/mol. The minimum atomic E-state index is -0.667. The largest absolute Gasteiger partial charge is 0.489 e. The van der Waals surface area contributed by atoms with Crippen LogP contribution in [0, 0.1) is 17.1 Å². The molecular weight excluding hydrogens is 549 g/mol. The van der Waals surface area contributed by atoms with Crippen LogP contribution in [0.5, 0.6) is 5.75 Å². The molecule has 1 N–H and O–H groups in total. The summed E-state index contributed by atoms with van der Waals surface area (Å²) < 4.78 is 20.7. The van der Waals surface area contributed by atoms with Crippen LogP contribution in [0.15, 0.2) is 60.7 Å². The van der Waals surface area contributed by atoms with Gasteiger partial charge in [0.25, 0.3) is 5.91 Å². The van der Waals surface area contributed by atoms with E-state index in [1.165, 1.54) is 16.5 Å². The SMILES string of the molecule is CC(c1ccc(COc2cccc3c2CN([C@H]2CCC(=O)NC2=O)C3=O)cc1)N1CCN(c2ccc(C#N)cc2F)CC1. The number of nitrogens with one attached hydrogen (secondary N) is 1. The van der Waals surface area contributed by atoms with Crippen molar-refractivity contribution < 1.29 is 23.5 Å². The van der Waals surface area contributed by atoms with Crippen molar-refractivity contribution in [3.8, 4) is 11.8 Å². The van der Waals surface area contributed by atoms with Crippen molar-refractivity contribution in [2.24, 2.45) is 0 Å². The highest BCUT2D eigenvalue weighted by atomic mass is 19.1. The lowest BCUT2D eigenvalue weighted by Gasteiger charge is -2.39. The first-order chi connectivity index (χ1) is 20.8. The van der Waals surface area contributed by atoms with Gasteiger partial charge in [0.1, 0.15) is 24.2 Å². The Labute approximate surface area is 249 Å². The van der Waals surface area contributed by atoms with Gasteiger partial charge < -0.3 is 14.5 Å². The molecule has 43 heavy (non-hydrogen) atoms. The van der Waals surface area contributed by atoms with Crippen molar-refractivity contribution in [1.82, 2.24) is 15.1 Å². The van der Waals surface area contributed by atoms with Gasteiger partial charge in [0.2, 0.25) is 11.8 Å². The van der Waals surface area contributed by atoms with E-state index in [1.54, 1.807) is 24.3 Å². The minimum absolute atomic E-state index is 0.185. The number of nitriles is 1. The molecule has 2 fully saturated rings. The summed E-state index contributed by atoms with van der Waals surface area (Å²) in [7, 11) is 0. The predicted molar refractivity (Wildman–Crippen MR) is 157 cm³/mol. The Balaban J connectivity index is 1.05. The number of benzene rings is 3. The van der Waals surface area contributed by atoms with Gasteiger partial charge in [-0.1, -0.05) is 30.3 Å². The van der Waals surface area contributed by atoms with Crippen LogP contribution in [0.4, 0.5) is 10.1 Å². The Hall–Kier alpha value is -4.75. The van der Waals surface area contributed by atoms with Crippen LogP contribution in [0.1, 0.15) is 58.4 Å². The molecule has 3 aliphatic rings. The summed E-state index contributed by atoms with van der Waals surface area (Å²) in [6, 6.07) is 19.7. The summed E-state index contributed by atoms with van der Waals surface area (Å²) in [5, 5.41) is 11.3. The second kappa shape index (κ2) is 11.9. The number of anilines is 1. The first-order valence-corrected chi connectivity index (χ1v) is 14.5. The summed E-state index contributed by atoms with van der Waals surface area (Å²) in [6.07, 6.45) is 0.528. The third-order valence-corrected chi connectivity index (χ3v) is 8.68. The number of piperazine rings is 1. The molecule has 10 heteroatoms. The number of hydrogen-bond acceptors (Lipinski definition) is 7. The van der Waals surface area contributed by atoms with Gasteiger partial charge in [-0.15, -0.1) is 0 Å². The van der Waals surface area contributed by atoms with Crippen LogP contribution in [-0.2, 0) is 22.7 Å². The maximum atomic E-state index is 14.5. The fourth-order valence-electron chi connectivity index (χ4n) is 6.14. The van der Waals surface area contributed by atoms with Crippen LogP contribution >= 0.6 is 0 Å². The predicted octanol–water partition coefficient (Wildman–Crippen LogP) is 3.92. The molecule has 0 aliphatic carbocycles. The minimum Gasteiger partial charge on any atom is -0.489 e. The van der Waals surface area contributed by atoms with E-state index in [0.717, 1.165) is 24.2 Å². The van der Waals surface area contributed by atoms with Crippen LogP contribution in [-0.4, -0.2) is 59.7 Å². The van der Waals surface area contributed by atoms with Gasteiger partial charge in [-0.2, -0.15) is 5.26 Å². The van der Waals surface area contributed by atoms with Crippen LogP contribution in [0.2, 0.25) is 0 Å². The number of fused-ring (bicyclic) bond motifs is 1. The summed E-state index contributed by atoms with van der Waals surface area (Å²) in [4.78, 5) is 42.9. The molecule has 3 amide bonds. The molecule has 3 aliphatic heterocycles. The molecule has 9 nitrogen and oxygen atoms in total. The number of imide groups is 1. The van der Waals surface area contributed by atoms with Gasteiger partial charge in [0.05, 0.1) is 23.9 Å². The number of piperidine rings is 1. The molecule has 220 valence electrons. The van der Waals surface area contributed by atoms with Crippen LogP contribution < -0.4 is 15.0 Å². The normalized spacial score (nSPS) is 19.6. The molecule has 0 aromatic heterocycles. The van der Waals surface area contributed by atoms with E-state index in [0.29, 0.717) is 48.7 Å². The molecule has 0 saturated carbocycles. The Morgan fingerprint density at radius 2 is 1.81 bits per heavy atom. The second-order valence-electron chi connectivity index (χ2n) is 11.2. The Morgan fingerprint density at radius 3 is 2.51 bits per heavy atom. The van der Waals surface area contributed by atoms with Crippen LogP contribution in [0.3, 0.4) is 0 Å². The molecule has 3 heterocycles. The van der Waals surface area contributed by atoms with E-state index in [2.05, 4.69) is 29.3 Å². The molecule has 0 spiro atoms. The number of ether oxygens (including phenoxy) is 1. The smallest absolute Gasteiger partial charge is 0.255 e.